The lowest BCUT2D eigenvalue weighted by Gasteiger charge is -2.32. The van der Waals surface area contributed by atoms with Gasteiger partial charge in [-0.25, -0.2) is 8.42 Å². The molecule has 1 amide bonds. The Morgan fingerprint density at radius 1 is 1.08 bits per heavy atom. The highest BCUT2D eigenvalue weighted by Crippen LogP contribution is 2.28. The van der Waals surface area contributed by atoms with Gasteiger partial charge in [-0.15, -0.1) is 0 Å². The van der Waals surface area contributed by atoms with E-state index in [9.17, 15) is 18.0 Å². The molecule has 1 aromatic rings. The lowest BCUT2D eigenvalue weighted by Crippen LogP contribution is -2.46. The third-order valence-corrected chi connectivity index (χ3v) is 7.02. The maximum atomic E-state index is 12.9. The molecule has 1 aliphatic carbocycles. The van der Waals surface area contributed by atoms with Crippen LogP contribution < -0.4 is 5.32 Å². The summed E-state index contributed by atoms with van der Waals surface area (Å²) in [6.07, 6.45) is 4.59. The number of nitrogens with one attached hydrogen (secondary N) is 1. The van der Waals surface area contributed by atoms with Crippen LogP contribution in [-0.4, -0.2) is 48.8 Å². The molecule has 0 atom stereocenters. The highest BCUT2D eigenvalue weighted by molar-refractivity contribution is 7.89. The van der Waals surface area contributed by atoms with Gasteiger partial charge in [0.1, 0.15) is 0 Å². The molecule has 2 N–H and O–H groups in total. The van der Waals surface area contributed by atoms with Crippen LogP contribution in [0.4, 0.5) is 0 Å². The first kappa shape index (κ1) is 18.8. The zero-order valence-corrected chi connectivity index (χ0v) is 15.4. The minimum Gasteiger partial charge on any atom is -0.481 e. The average Bonchev–Trinajstić information content (AvgIpc) is 2.87. The summed E-state index contributed by atoms with van der Waals surface area (Å²) in [6, 6.07) is 5.89. The second-order valence-electron chi connectivity index (χ2n) is 7.02. The first-order chi connectivity index (χ1) is 12.4. The van der Waals surface area contributed by atoms with Crippen LogP contribution in [0.15, 0.2) is 29.2 Å². The Bertz CT molecular complexity index is 779. The highest BCUT2D eigenvalue weighted by atomic mass is 32.2. The summed E-state index contributed by atoms with van der Waals surface area (Å²) in [6.45, 7) is 1.02. The predicted octanol–water partition coefficient (Wildman–Crippen LogP) is 1.84. The van der Waals surface area contributed by atoms with Crippen molar-refractivity contribution in [3.8, 4) is 0 Å². The third kappa shape index (κ3) is 4.07. The number of aliphatic carboxylic acids is 1. The SMILES string of the molecule is O=C(NC1CC(C(=O)O)C1)c1cccc(S(=O)(=O)N2CCCCCC2)c1. The number of rotatable bonds is 5. The van der Waals surface area contributed by atoms with E-state index in [1.807, 2.05) is 0 Å². The normalized spacial score (nSPS) is 24.3. The first-order valence-electron chi connectivity index (χ1n) is 9.02. The van der Waals surface area contributed by atoms with Gasteiger partial charge in [0.2, 0.25) is 10.0 Å². The number of sulfonamides is 1. The predicted molar refractivity (Wildman–Crippen MR) is 95.3 cm³/mol. The number of hydrogen-bond acceptors (Lipinski definition) is 4. The minimum atomic E-state index is -3.61. The zero-order valence-electron chi connectivity index (χ0n) is 14.6. The number of benzene rings is 1. The van der Waals surface area contributed by atoms with E-state index in [0.717, 1.165) is 25.7 Å². The lowest BCUT2D eigenvalue weighted by atomic mass is 9.80. The van der Waals surface area contributed by atoms with Crippen molar-refractivity contribution < 1.29 is 23.1 Å². The molecule has 0 unspecified atom stereocenters. The summed E-state index contributed by atoms with van der Waals surface area (Å²) < 4.78 is 27.2. The van der Waals surface area contributed by atoms with Gasteiger partial charge in [0, 0.05) is 24.7 Å². The largest absolute Gasteiger partial charge is 0.481 e. The van der Waals surface area contributed by atoms with E-state index in [1.165, 1.54) is 16.4 Å². The van der Waals surface area contributed by atoms with Crippen molar-refractivity contribution in [1.82, 2.24) is 9.62 Å². The number of carbonyl (C=O) groups excluding carboxylic acids is 1. The van der Waals surface area contributed by atoms with Gasteiger partial charge in [-0.3, -0.25) is 9.59 Å². The molecule has 0 spiro atoms. The monoisotopic (exact) mass is 380 g/mol. The van der Waals surface area contributed by atoms with E-state index < -0.39 is 21.9 Å². The fraction of sp³-hybridized carbons (Fsp3) is 0.556. The maximum Gasteiger partial charge on any atom is 0.306 e. The number of hydrogen-bond donors (Lipinski definition) is 2. The summed E-state index contributed by atoms with van der Waals surface area (Å²) in [5, 5.41) is 11.7. The first-order valence-corrected chi connectivity index (χ1v) is 10.5. The average molecular weight is 380 g/mol. The Morgan fingerprint density at radius 2 is 1.73 bits per heavy atom. The minimum absolute atomic E-state index is 0.129. The number of carbonyl (C=O) groups is 2. The van der Waals surface area contributed by atoms with E-state index in [1.54, 1.807) is 12.1 Å². The van der Waals surface area contributed by atoms with Crippen LogP contribution in [0, 0.1) is 5.92 Å². The van der Waals surface area contributed by atoms with Gasteiger partial charge >= 0.3 is 5.97 Å². The molecular weight excluding hydrogens is 356 g/mol. The van der Waals surface area contributed by atoms with Crippen molar-refractivity contribution in [2.24, 2.45) is 5.92 Å². The van der Waals surface area contributed by atoms with Crippen molar-refractivity contribution in [3.05, 3.63) is 29.8 Å². The second kappa shape index (κ2) is 7.75. The molecule has 7 nitrogen and oxygen atoms in total. The van der Waals surface area contributed by atoms with Gasteiger partial charge < -0.3 is 10.4 Å². The van der Waals surface area contributed by atoms with Gasteiger partial charge in [0.05, 0.1) is 10.8 Å². The van der Waals surface area contributed by atoms with Crippen LogP contribution in [-0.2, 0) is 14.8 Å². The number of nitrogens with zero attached hydrogens (tertiary/aromatic N) is 1. The number of carboxylic acid groups (broad SMARTS) is 1. The summed E-state index contributed by atoms with van der Waals surface area (Å²) in [7, 11) is -3.61. The van der Waals surface area contributed by atoms with Crippen molar-refractivity contribution in [3.63, 3.8) is 0 Å². The Labute approximate surface area is 153 Å². The molecule has 2 fully saturated rings. The molecule has 8 heteroatoms. The van der Waals surface area contributed by atoms with E-state index in [2.05, 4.69) is 5.32 Å². The summed E-state index contributed by atoms with van der Waals surface area (Å²) in [4.78, 5) is 23.3. The Balaban J connectivity index is 1.69. The van der Waals surface area contributed by atoms with Gasteiger partial charge in [0.15, 0.2) is 0 Å². The quantitative estimate of drug-likeness (QED) is 0.811. The molecule has 0 aromatic heterocycles. The molecule has 1 aromatic carbocycles. The maximum absolute atomic E-state index is 12.9. The molecule has 1 saturated heterocycles. The number of carboxylic acids is 1. The molecule has 3 rings (SSSR count). The molecule has 142 valence electrons. The number of amides is 1. The van der Waals surface area contributed by atoms with Crippen LogP contribution in [0.5, 0.6) is 0 Å². The van der Waals surface area contributed by atoms with E-state index >= 15 is 0 Å². The smallest absolute Gasteiger partial charge is 0.306 e. The Hall–Kier alpha value is -1.93. The van der Waals surface area contributed by atoms with Gasteiger partial charge in [-0.1, -0.05) is 18.9 Å². The van der Waals surface area contributed by atoms with E-state index in [-0.39, 0.29) is 22.4 Å². The summed E-state index contributed by atoms with van der Waals surface area (Å²) in [5.74, 6) is -1.62. The van der Waals surface area contributed by atoms with Crippen LogP contribution in [0.2, 0.25) is 0 Å². The lowest BCUT2D eigenvalue weighted by molar-refractivity contribution is -0.145. The zero-order chi connectivity index (χ0) is 18.7. The molecular formula is C18H24N2O5S. The molecule has 26 heavy (non-hydrogen) atoms. The fourth-order valence-electron chi connectivity index (χ4n) is 3.43. The van der Waals surface area contributed by atoms with E-state index in [0.29, 0.717) is 25.9 Å². The molecule has 0 radical (unpaired) electrons. The Kier molecular flexibility index (Phi) is 5.62. The second-order valence-corrected chi connectivity index (χ2v) is 8.96. The van der Waals surface area contributed by atoms with Crippen LogP contribution in [0.25, 0.3) is 0 Å². The van der Waals surface area contributed by atoms with Gasteiger partial charge in [-0.05, 0) is 43.9 Å². The van der Waals surface area contributed by atoms with Crippen LogP contribution >= 0.6 is 0 Å². The van der Waals surface area contributed by atoms with Crippen molar-refractivity contribution in [1.29, 1.82) is 0 Å². The summed E-state index contributed by atoms with van der Waals surface area (Å²) >= 11 is 0. The van der Waals surface area contributed by atoms with Crippen molar-refractivity contribution in [2.75, 3.05) is 13.1 Å². The van der Waals surface area contributed by atoms with Crippen LogP contribution in [0.1, 0.15) is 48.9 Å². The Morgan fingerprint density at radius 3 is 2.35 bits per heavy atom. The van der Waals surface area contributed by atoms with E-state index in [4.69, 9.17) is 5.11 Å². The highest BCUT2D eigenvalue weighted by Gasteiger charge is 2.35. The fourth-order valence-corrected chi connectivity index (χ4v) is 5.00. The topological polar surface area (TPSA) is 104 Å². The van der Waals surface area contributed by atoms with Gasteiger partial charge in [-0.2, -0.15) is 4.31 Å². The van der Waals surface area contributed by atoms with Crippen molar-refractivity contribution in [2.45, 2.75) is 49.5 Å². The molecule has 0 bridgehead atoms. The standard InChI is InChI=1S/C18H24N2O5S/c21-17(19-15-10-14(11-15)18(22)23)13-6-5-7-16(12-13)26(24,25)20-8-3-1-2-4-9-20/h5-7,12,14-15H,1-4,8-11H2,(H,19,21)(H,22,23). The third-order valence-electron chi connectivity index (χ3n) is 5.12. The molecule has 1 heterocycles. The molecule has 2 aliphatic rings. The van der Waals surface area contributed by atoms with Gasteiger partial charge in [0.25, 0.3) is 5.91 Å². The van der Waals surface area contributed by atoms with Crippen molar-refractivity contribution >= 4 is 21.9 Å². The van der Waals surface area contributed by atoms with Crippen LogP contribution in [0.3, 0.4) is 0 Å². The molecule has 1 aliphatic heterocycles. The summed E-state index contributed by atoms with van der Waals surface area (Å²) in [5.41, 5.74) is 0.277. The molecule has 1 saturated carbocycles.